The highest BCUT2D eigenvalue weighted by Crippen LogP contribution is 2.30. The molecule has 4 nitrogen and oxygen atoms in total. The van der Waals surface area contributed by atoms with E-state index in [2.05, 4.69) is 17.0 Å². The lowest BCUT2D eigenvalue weighted by Gasteiger charge is -2.32. The summed E-state index contributed by atoms with van der Waals surface area (Å²) in [5.41, 5.74) is 2.67. The van der Waals surface area contributed by atoms with Crippen molar-refractivity contribution < 1.29 is 8.42 Å². The zero-order valence-electron chi connectivity index (χ0n) is 13.1. The average Bonchev–Trinajstić information content (AvgIpc) is 2.41. The molecule has 118 valence electrons. The fraction of sp³-hybridized carbons (Fsp3) is 0.625. The maximum Gasteiger partial charge on any atom is 0.229 e. The molecule has 0 amide bonds. The van der Waals surface area contributed by atoms with E-state index in [1.54, 1.807) is 0 Å². The van der Waals surface area contributed by atoms with E-state index < -0.39 is 10.0 Å². The number of aryl methyl sites for hydroxylation is 1. The number of anilines is 2. The van der Waals surface area contributed by atoms with Crippen LogP contribution in [0.25, 0.3) is 0 Å². The average molecular weight is 310 g/mol. The van der Waals surface area contributed by atoms with Gasteiger partial charge in [-0.15, -0.1) is 0 Å². The summed E-state index contributed by atoms with van der Waals surface area (Å²) in [6.07, 6.45) is 7.55. The molecule has 1 fully saturated rings. The predicted octanol–water partition coefficient (Wildman–Crippen LogP) is 3.75. The quantitative estimate of drug-likeness (QED) is 0.871. The third-order valence-electron chi connectivity index (χ3n) is 4.31. The number of hydrogen-bond acceptors (Lipinski definition) is 3. The molecule has 1 aromatic carbocycles. The highest BCUT2D eigenvalue weighted by atomic mass is 32.2. The molecule has 2 atom stereocenters. The second-order valence-corrected chi connectivity index (χ2v) is 7.86. The Morgan fingerprint density at radius 2 is 1.95 bits per heavy atom. The Bertz CT molecular complexity index is 584. The first kappa shape index (κ1) is 16.1. The normalized spacial score (nSPS) is 22.8. The van der Waals surface area contributed by atoms with Gasteiger partial charge in [-0.2, -0.15) is 0 Å². The lowest BCUT2D eigenvalue weighted by Crippen LogP contribution is -2.31. The van der Waals surface area contributed by atoms with Crippen LogP contribution in [-0.4, -0.2) is 20.7 Å². The zero-order chi connectivity index (χ0) is 15.5. The molecule has 2 unspecified atom stereocenters. The Kier molecular flexibility index (Phi) is 5.14. The summed E-state index contributed by atoms with van der Waals surface area (Å²) in [5.74, 6) is 0.743. The van der Waals surface area contributed by atoms with E-state index in [1.807, 2.05) is 25.1 Å². The number of nitrogens with one attached hydrogen (secondary N) is 2. The number of benzene rings is 1. The second-order valence-electron chi connectivity index (χ2n) is 6.11. The van der Waals surface area contributed by atoms with Gasteiger partial charge in [-0.1, -0.05) is 26.2 Å². The Balaban J connectivity index is 2.09. The maximum absolute atomic E-state index is 11.3. The first-order valence-electron chi connectivity index (χ1n) is 7.74. The minimum absolute atomic E-state index is 0.539. The molecule has 21 heavy (non-hydrogen) atoms. The van der Waals surface area contributed by atoms with Crippen LogP contribution in [0, 0.1) is 12.8 Å². The molecule has 5 heteroatoms. The summed E-state index contributed by atoms with van der Waals surface area (Å²) in [6, 6.07) is 6.36. The van der Waals surface area contributed by atoms with Crippen LogP contribution in [0.5, 0.6) is 0 Å². The van der Waals surface area contributed by atoms with Gasteiger partial charge in [-0.25, -0.2) is 8.42 Å². The van der Waals surface area contributed by atoms with Crippen molar-refractivity contribution in [1.82, 2.24) is 0 Å². The van der Waals surface area contributed by atoms with Crippen molar-refractivity contribution in [1.29, 1.82) is 0 Å². The van der Waals surface area contributed by atoms with Gasteiger partial charge in [0.1, 0.15) is 0 Å². The zero-order valence-corrected chi connectivity index (χ0v) is 14.0. The van der Waals surface area contributed by atoms with Gasteiger partial charge < -0.3 is 5.32 Å². The van der Waals surface area contributed by atoms with E-state index >= 15 is 0 Å². The maximum atomic E-state index is 11.3. The molecular weight excluding hydrogens is 284 g/mol. The molecule has 1 saturated carbocycles. The minimum Gasteiger partial charge on any atom is -0.382 e. The molecule has 0 radical (unpaired) electrons. The third kappa shape index (κ3) is 4.63. The summed E-state index contributed by atoms with van der Waals surface area (Å²) in [5, 5.41) is 3.64. The van der Waals surface area contributed by atoms with Gasteiger partial charge in [0.25, 0.3) is 0 Å². The highest BCUT2D eigenvalue weighted by Gasteiger charge is 2.23. The number of sulfonamides is 1. The molecule has 0 heterocycles. The molecule has 1 aromatic rings. The Hall–Kier alpha value is -1.23. The number of hydrogen-bond donors (Lipinski definition) is 2. The van der Waals surface area contributed by atoms with Crippen LogP contribution < -0.4 is 10.0 Å². The summed E-state index contributed by atoms with van der Waals surface area (Å²) in [4.78, 5) is 0. The molecule has 2 N–H and O–H groups in total. The van der Waals surface area contributed by atoms with Crippen molar-refractivity contribution in [2.24, 2.45) is 5.92 Å². The monoisotopic (exact) mass is 310 g/mol. The summed E-state index contributed by atoms with van der Waals surface area (Å²) in [7, 11) is -3.22. The van der Waals surface area contributed by atoms with Crippen molar-refractivity contribution in [2.45, 2.75) is 52.0 Å². The van der Waals surface area contributed by atoms with Crippen LogP contribution in [0.15, 0.2) is 18.2 Å². The van der Waals surface area contributed by atoms with Crippen molar-refractivity contribution in [3.8, 4) is 0 Å². The molecule has 0 saturated heterocycles. The van der Waals surface area contributed by atoms with Gasteiger partial charge in [-0.05, 0) is 49.4 Å². The molecule has 0 spiro atoms. The van der Waals surface area contributed by atoms with E-state index in [0.717, 1.165) is 17.2 Å². The Morgan fingerprint density at radius 3 is 2.57 bits per heavy atom. The SMILES string of the molecule is CCC1CCCCC1Nc1ccc(NS(C)(=O)=O)c(C)c1. The van der Waals surface area contributed by atoms with E-state index in [4.69, 9.17) is 0 Å². The second kappa shape index (κ2) is 6.69. The first-order chi connectivity index (χ1) is 9.89. The van der Waals surface area contributed by atoms with Crippen molar-refractivity contribution in [2.75, 3.05) is 16.3 Å². The largest absolute Gasteiger partial charge is 0.382 e. The lowest BCUT2D eigenvalue weighted by atomic mass is 9.83. The number of rotatable bonds is 5. The smallest absolute Gasteiger partial charge is 0.229 e. The van der Waals surface area contributed by atoms with E-state index in [9.17, 15) is 8.42 Å². The van der Waals surface area contributed by atoms with Crippen LogP contribution in [0.4, 0.5) is 11.4 Å². The van der Waals surface area contributed by atoms with Gasteiger partial charge in [0, 0.05) is 11.7 Å². The van der Waals surface area contributed by atoms with Crippen LogP contribution in [0.1, 0.15) is 44.6 Å². The molecule has 0 aliphatic heterocycles. The Morgan fingerprint density at radius 1 is 1.24 bits per heavy atom. The molecule has 2 rings (SSSR count). The fourth-order valence-corrected chi connectivity index (χ4v) is 3.80. The van der Waals surface area contributed by atoms with Gasteiger partial charge in [0.05, 0.1) is 11.9 Å². The Labute approximate surface area is 128 Å². The summed E-state index contributed by atoms with van der Waals surface area (Å²) in [6.45, 7) is 4.19. The topological polar surface area (TPSA) is 58.2 Å². The van der Waals surface area contributed by atoms with E-state index in [1.165, 1.54) is 38.4 Å². The predicted molar refractivity (Wildman–Crippen MR) is 89.3 cm³/mol. The molecular formula is C16H26N2O2S. The van der Waals surface area contributed by atoms with Crippen molar-refractivity contribution in [3.05, 3.63) is 23.8 Å². The van der Waals surface area contributed by atoms with Gasteiger partial charge in [0.2, 0.25) is 10.0 Å². The van der Waals surface area contributed by atoms with E-state index in [-0.39, 0.29) is 0 Å². The van der Waals surface area contributed by atoms with Gasteiger partial charge in [-0.3, -0.25) is 4.72 Å². The summed E-state index contributed by atoms with van der Waals surface area (Å²) < 4.78 is 25.2. The van der Waals surface area contributed by atoms with Crippen LogP contribution in [-0.2, 0) is 10.0 Å². The minimum atomic E-state index is -3.22. The highest BCUT2D eigenvalue weighted by molar-refractivity contribution is 7.92. The van der Waals surface area contributed by atoms with Gasteiger partial charge >= 0.3 is 0 Å². The van der Waals surface area contributed by atoms with Crippen LogP contribution in [0.3, 0.4) is 0 Å². The first-order valence-corrected chi connectivity index (χ1v) is 9.63. The van der Waals surface area contributed by atoms with Crippen molar-refractivity contribution >= 4 is 21.4 Å². The molecule has 1 aliphatic carbocycles. The van der Waals surface area contributed by atoms with Crippen molar-refractivity contribution in [3.63, 3.8) is 0 Å². The molecule has 0 aromatic heterocycles. The molecule has 0 bridgehead atoms. The third-order valence-corrected chi connectivity index (χ3v) is 4.90. The van der Waals surface area contributed by atoms with Crippen LogP contribution in [0.2, 0.25) is 0 Å². The van der Waals surface area contributed by atoms with Gasteiger partial charge in [0.15, 0.2) is 0 Å². The van der Waals surface area contributed by atoms with E-state index in [0.29, 0.717) is 11.7 Å². The fourth-order valence-electron chi connectivity index (χ4n) is 3.17. The lowest BCUT2D eigenvalue weighted by molar-refractivity contribution is 0.317. The standard InChI is InChI=1S/C16H26N2O2S/c1-4-13-7-5-6-8-16(13)17-14-9-10-15(12(2)11-14)18-21(3,19)20/h9-11,13,16-18H,4-8H2,1-3H3. The molecule has 1 aliphatic rings. The summed E-state index contributed by atoms with van der Waals surface area (Å²) >= 11 is 0. The van der Waals surface area contributed by atoms with Crippen LogP contribution >= 0.6 is 0 Å².